The zero-order valence-electron chi connectivity index (χ0n) is 12.3. The lowest BCUT2D eigenvalue weighted by atomic mass is 9.94. The summed E-state index contributed by atoms with van der Waals surface area (Å²) in [6, 6.07) is 7.92. The molecule has 0 bridgehead atoms. The topological polar surface area (TPSA) is 64.4 Å². The summed E-state index contributed by atoms with van der Waals surface area (Å²) >= 11 is 0. The molecule has 1 fully saturated rings. The Morgan fingerprint density at radius 1 is 1.40 bits per heavy atom. The summed E-state index contributed by atoms with van der Waals surface area (Å²) in [6.07, 6.45) is 3.04. The molecule has 1 aliphatic rings. The molecule has 0 radical (unpaired) electrons. The van der Waals surface area contributed by atoms with Gasteiger partial charge >= 0.3 is 0 Å². The number of aryl methyl sites for hydroxylation is 1. The molecule has 1 aromatic rings. The van der Waals surface area contributed by atoms with Gasteiger partial charge in [-0.2, -0.15) is 0 Å². The van der Waals surface area contributed by atoms with E-state index in [0.717, 1.165) is 37.1 Å². The molecule has 1 aliphatic heterocycles. The number of amides is 1. The minimum absolute atomic E-state index is 0.115. The van der Waals surface area contributed by atoms with Crippen molar-refractivity contribution in [1.82, 2.24) is 5.32 Å². The number of benzene rings is 1. The Bertz CT molecular complexity index is 454. The second-order valence-corrected chi connectivity index (χ2v) is 6.11. The third kappa shape index (κ3) is 4.53. The number of nitrogen functional groups attached to an aromatic ring is 1. The van der Waals surface area contributed by atoms with Crippen molar-refractivity contribution in [2.45, 2.75) is 51.2 Å². The normalized spacial score (nSPS) is 21.4. The fourth-order valence-corrected chi connectivity index (χ4v) is 2.60. The molecule has 110 valence electrons. The maximum atomic E-state index is 12.0. The Kier molecular flexibility index (Phi) is 4.65. The number of carbonyl (C=O) groups is 1. The molecule has 4 nitrogen and oxygen atoms in total. The summed E-state index contributed by atoms with van der Waals surface area (Å²) in [5, 5.41) is 3.11. The van der Waals surface area contributed by atoms with Gasteiger partial charge in [0.05, 0.1) is 5.60 Å². The van der Waals surface area contributed by atoms with E-state index in [1.54, 1.807) is 0 Å². The minimum atomic E-state index is -0.132. The molecule has 0 spiro atoms. The number of nitrogens with one attached hydrogen (secondary N) is 1. The molecular weight excluding hydrogens is 252 g/mol. The van der Waals surface area contributed by atoms with Crippen molar-refractivity contribution in [2.75, 3.05) is 12.3 Å². The van der Waals surface area contributed by atoms with Crippen LogP contribution in [-0.2, 0) is 16.0 Å². The van der Waals surface area contributed by atoms with E-state index in [9.17, 15) is 4.79 Å². The first-order valence-corrected chi connectivity index (χ1v) is 7.22. The Labute approximate surface area is 120 Å². The van der Waals surface area contributed by atoms with Crippen molar-refractivity contribution in [1.29, 1.82) is 0 Å². The van der Waals surface area contributed by atoms with Crippen LogP contribution in [0.4, 0.5) is 5.69 Å². The lowest BCUT2D eigenvalue weighted by molar-refractivity contribution is -0.124. The second-order valence-electron chi connectivity index (χ2n) is 6.11. The van der Waals surface area contributed by atoms with Crippen LogP contribution in [0.3, 0.4) is 0 Å². The fourth-order valence-electron chi connectivity index (χ4n) is 2.60. The van der Waals surface area contributed by atoms with Gasteiger partial charge in [-0.05, 0) is 50.8 Å². The maximum Gasteiger partial charge on any atom is 0.220 e. The summed E-state index contributed by atoms with van der Waals surface area (Å²) in [5.41, 5.74) is 7.40. The Hall–Kier alpha value is -1.55. The molecule has 1 saturated heterocycles. The van der Waals surface area contributed by atoms with Crippen LogP contribution in [0.15, 0.2) is 24.3 Å². The van der Waals surface area contributed by atoms with Gasteiger partial charge < -0.3 is 15.8 Å². The smallest absolute Gasteiger partial charge is 0.220 e. The first-order valence-electron chi connectivity index (χ1n) is 7.22. The van der Waals surface area contributed by atoms with Crippen LogP contribution in [0.1, 0.15) is 38.7 Å². The molecular formula is C16H24N2O2. The van der Waals surface area contributed by atoms with Crippen LogP contribution < -0.4 is 11.1 Å². The number of ether oxygens (including phenoxy) is 1. The van der Waals surface area contributed by atoms with Gasteiger partial charge in [-0.25, -0.2) is 0 Å². The summed E-state index contributed by atoms with van der Waals surface area (Å²) in [5.74, 6) is 0.115. The van der Waals surface area contributed by atoms with Crippen molar-refractivity contribution >= 4 is 11.6 Å². The summed E-state index contributed by atoms with van der Waals surface area (Å²) in [4.78, 5) is 12.0. The summed E-state index contributed by atoms with van der Waals surface area (Å²) in [7, 11) is 0. The molecule has 0 aromatic heterocycles. The fraction of sp³-hybridized carbons (Fsp3) is 0.562. The molecule has 20 heavy (non-hydrogen) atoms. The van der Waals surface area contributed by atoms with Crippen LogP contribution in [0.2, 0.25) is 0 Å². The summed E-state index contributed by atoms with van der Waals surface area (Å²) < 4.78 is 5.65. The van der Waals surface area contributed by atoms with Gasteiger partial charge in [0.1, 0.15) is 0 Å². The quantitative estimate of drug-likeness (QED) is 0.829. The average Bonchev–Trinajstić information content (AvgIpc) is 2.37. The van der Waals surface area contributed by atoms with Gasteiger partial charge in [0.25, 0.3) is 0 Å². The van der Waals surface area contributed by atoms with Crippen molar-refractivity contribution in [3.8, 4) is 0 Å². The number of hydrogen-bond acceptors (Lipinski definition) is 3. The number of anilines is 1. The van der Waals surface area contributed by atoms with E-state index in [1.165, 1.54) is 0 Å². The molecule has 1 aromatic carbocycles. The highest BCUT2D eigenvalue weighted by Crippen LogP contribution is 2.23. The first kappa shape index (κ1) is 14.9. The molecule has 0 saturated carbocycles. The van der Waals surface area contributed by atoms with Gasteiger partial charge in [-0.1, -0.05) is 12.1 Å². The van der Waals surface area contributed by atoms with Crippen LogP contribution in [-0.4, -0.2) is 24.2 Å². The minimum Gasteiger partial charge on any atom is -0.399 e. The average molecular weight is 276 g/mol. The van der Waals surface area contributed by atoms with Gasteiger partial charge in [0.15, 0.2) is 0 Å². The molecule has 3 N–H and O–H groups in total. The van der Waals surface area contributed by atoms with Crippen LogP contribution in [0.5, 0.6) is 0 Å². The predicted octanol–water partition coefficient (Wildman–Crippen LogP) is 2.28. The third-order valence-corrected chi connectivity index (χ3v) is 3.68. The van der Waals surface area contributed by atoms with Gasteiger partial charge in [0, 0.05) is 24.8 Å². The number of carbonyl (C=O) groups excluding carboxylic acids is 1. The Morgan fingerprint density at radius 3 is 2.75 bits per heavy atom. The zero-order chi connectivity index (χ0) is 14.6. The van der Waals surface area contributed by atoms with E-state index < -0.39 is 0 Å². The highest BCUT2D eigenvalue weighted by Gasteiger charge is 2.29. The van der Waals surface area contributed by atoms with E-state index in [2.05, 4.69) is 19.2 Å². The second kappa shape index (κ2) is 6.27. The lowest BCUT2D eigenvalue weighted by Crippen LogP contribution is -2.45. The van der Waals surface area contributed by atoms with Crippen LogP contribution >= 0.6 is 0 Å². The molecule has 0 aliphatic carbocycles. The summed E-state index contributed by atoms with van der Waals surface area (Å²) in [6.45, 7) is 4.86. The third-order valence-electron chi connectivity index (χ3n) is 3.68. The molecule has 4 heteroatoms. The van der Waals surface area contributed by atoms with Crippen molar-refractivity contribution < 1.29 is 9.53 Å². The molecule has 1 atom stereocenters. The molecule has 2 rings (SSSR count). The van der Waals surface area contributed by atoms with E-state index >= 15 is 0 Å². The molecule has 1 unspecified atom stereocenters. The van der Waals surface area contributed by atoms with Gasteiger partial charge in [-0.15, -0.1) is 0 Å². The van der Waals surface area contributed by atoms with Crippen molar-refractivity contribution in [3.63, 3.8) is 0 Å². The SMILES string of the molecule is CC1(C)CC(NC(=O)CCc2ccc(N)cc2)CCO1. The Balaban J connectivity index is 1.76. The zero-order valence-corrected chi connectivity index (χ0v) is 12.3. The maximum absolute atomic E-state index is 12.0. The van der Waals surface area contributed by atoms with E-state index in [4.69, 9.17) is 10.5 Å². The predicted molar refractivity (Wildman–Crippen MR) is 80.4 cm³/mol. The van der Waals surface area contributed by atoms with Crippen molar-refractivity contribution in [2.24, 2.45) is 0 Å². The molecule has 1 amide bonds. The standard InChI is InChI=1S/C16H24N2O2/c1-16(2)11-14(9-10-20-16)18-15(19)8-5-12-3-6-13(17)7-4-12/h3-4,6-7,14H,5,8-11,17H2,1-2H3,(H,18,19). The van der Waals surface area contributed by atoms with Gasteiger partial charge in [-0.3, -0.25) is 4.79 Å². The van der Waals surface area contributed by atoms with Gasteiger partial charge in [0.2, 0.25) is 5.91 Å². The van der Waals surface area contributed by atoms with E-state index in [-0.39, 0.29) is 17.6 Å². The van der Waals surface area contributed by atoms with E-state index in [1.807, 2.05) is 24.3 Å². The van der Waals surface area contributed by atoms with Crippen LogP contribution in [0, 0.1) is 0 Å². The monoisotopic (exact) mass is 276 g/mol. The largest absolute Gasteiger partial charge is 0.399 e. The molecule has 1 heterocycles. The number of hydrogen-bond donors (Lipinski definition) is 2. The van der Waals surface area contributed by atoms with E-state index in [0.29, 0.717) is 6.42 Å². The lowest BCUT2D eigenvalue weighted by Gasteiger charge is -2.35. The Morgan fingerprint density at radius 2 is 2.10 bits per heavy atom. The van der Waals surface area contributed by atoms with Crippen molar-refractivity contribution in [3.05, 3.63) is 29.8 Å². The van der Waals surface area contributed by atoms with Crippen LogP contribution in [0.25, 0.3) is 0 Å². The highest BCUT2D eigenvalue weighted by atomic mass is 16.5. The number of nitrogens with two attached hydrogens (primary N) is 1. The first-order chi connectivity index (χ1) is 9.44. The number of rotatable bonds is 4. The highest BCUT2D eigenvalue weighted by molar-refractivity contribution is 5.76.